The van der Waals surface area contributed by atoms with Crippen molar-refractivity contribution in [1.29, 1.82) is 0 Å². The number of ether oxygens (including phenoxy) is 1. The van der Waals surface area contributed by atoms with Crippen LogP contribution in [0.15, 0.2) is 42.5 Å². The Morgan fingerprint density at radius 2 is 1.79 bits per heavy atom. The number of amides is 1. The number of methoxy groups -OCH3 is 1. The molecule has 0 fully saturated rings. The molecular weight excluding hydrogens is 388 g/mol. The van der Waals surface area contributed by atoms with E-state index in [4.69, 9.17) is 10.5 Å². The minimum atomic E-state index is -0.142. The summed E-state index contributed by atoms with van der Waals surface area (Å²) in [5.41, 5.74) is 8.67. The molecule has 0 bridgehead atoms. The third kappa shape index (κ3) is 7.71. The highest BCUT2D eigenvalue weighted by atomic mass is 32.2. The second-order valence-corrected chi connectivity index (χ2v) is 7.75. The van der Waals surface area contributed by atoms with Crippen LogP contribution in [0.1, 0.15) is 39.6 Å². The second kappa shape index (κ2) is 11.4. The first-order chi connectivity index (χ1) is 13.9. The summed E-state index contributed by atoms with van der Waals surface area (Å²) in [4.78, 5) is 36.1. The maximum absolute atomic E-state index is 12.6. The third-order valence-corrected chi connectivity index (χ3v) is 5.20. The molecule has 0 saturated carbocycles. The van der Waals surface area contributed by atoms with Crippen molar-refractivity contribution in [2.24, 2.45) is 0 Å². The summed E-state index contributed by atoms with van der Waals surface area (Å²) >= 11 is 1.53. The fraction of sp³-hybridized carbons (Fsp3) is 0.318. The number of hydrogen-bond donors (Lipinski definition) is 2. The number of carbonyl (C=O) groups excluding carboxylic acids is 3. The van der Waals surface area contributed by atoms with Gasteiger partial charge in [0.2, 0.25) is 5.91 Å². The minimum absolute atomic E-state index is 0.0176. The van der Waals surface area contributed by atoms with E-state index in [1.165, 1.54) is 18.7 Å². The number of hydrogen-bond acceptors (Lipinski definition) is 6. The molecule has 2 aromatic carbocycles. The van der Waals surface area contributed by atoms with Gasteiger partial charge in [0.05, 0.1) is 5.75 Å². The van der Waals surface area contributed by atoms with Gasteiger partial charge in [0, 0.05) is 42.6 Å². The van der Waals surface area contributed by atoms with Crippen molar-refractivity contribution >= 4 is 40.6 Å². The molecule has 0 spiro atoms. The average Bonchev–Trinajstić information content (AvgIpc) is 2.67. The van der Waals surface area contributed by atoms with E-state index >= 15 is 0 Å². The minimum Gasteiger partial charge on any atom is -0.399 e. The van der Waals surface area contributed by atoms with E-state index in [9.17, 15) is 14.4 Å². The average molecular weight is 415 g/mol. The Hall–Kier alpha value is -2.64. The number of nitrogens with two attached hydrogens (primary N) is 1. The first-order valence-electron chi connectivity index (χ1n) is 9.29. The lowest BCUT2D eigenvalue weighted by molar-refractivity contribution is -0.113. The molecule has 3 N–H and O–H groups in total. The number of Topliss-reactive ketones (excluding diaryl/α,β-unsaturated/α-hetero) is 2. The Morgan fingerprint density at radius 3 is 2.45 bits per heavy atom. The first kappa shape index (κ1) is 22.6. The van der Waals surface area contributed by atoms with E-state index in [1.54, 1.807) is 49.6 Å². The lowest BCUT2D eigenvalue weighted by atomic mass is 10.0. The van der Waals surface area contributed by atoms with Crippen LogP contribution in [0.25, 0.3) is 0 Å². The van der Waals surface area contributed by atoms with Gasteiger partial charge >= 0.3 is 0 Å². The molecule has 0 aliphatic heterocycles. The quantitative estimate of drug-likeness (QED) is 0.331. The Kier molecular flexibility index (Phi) is 8.89. The highest BCUT2D eigenvalue weighted by Gasteiger charge is 2.11. The van der Waals surface area contributed by atoms with Crippen LogP contribution in [0.4, 0.5) is 11.4 Å². The van der Waals surface area contributed by atoms with E-state index in [-0.39, 0.29) is 23.9 Å². The summed E-state index contributed by atoms with van der Waals surface area (Å²) in [6.07, 6.45) is 1.07. The van der Waals surface area contributed by atoms with Crippen molar-refractivity contribution in [3.05, 3.63) is 59.2 Å². The Balaban J connectivity index is 1.97. The maximum Gasteiger partial charge on any atom is 0.234 e. The zero-order valence-electron chi connectivity index (χ0n) is 16.7. The van der Waals surface area contributed by atoms with E-state index in [0.29, 0.717) is 34.9 Å². The number of nitrogens with one attached hydrogen (secondary N) is 1. The maximum atomic E-state index is 12.6. The van der Waals surface area contributed by atoms with Gasteiger partial charge in [-0.3, -0.25) is 14.4 Å². The molecule has 7 heteroatoms. The molecule has 0 atom stereocenters. The molecule has 0 aliphatic carbocycles. The van der Waals surface area contributed by atoms with Gasteiger partial charge in [0.25, 0.3) is 0 Å². The SMILES string of the molecule is COCCCSCC(=O)Nc1cc(N)cc(C(=O)Cc2ccc(C(C)=O)cc2)c1. The predicted octanol–water partition coefficient (Wildman–Crippen LogP) is 3.61. The van der Waals surface area contributed by atoms with Crippen LogP contribution in [-0.4, -0.2) is 42.7 Å². The van der Waals surface area contributed by atoms with Crippen molar-refractivity contribution in [3.63, 3.8) is 0 Å². The van der Waals surface area contributed by atoms with Crippen molar-refractivity contribution in [1.82, 2.24) is 0 Å². The van der Waals surface area contributed by atoms with Crippen LogP contribution in [0, 0.1) is 0 Å². The molecule has 0 unspecified atom stereocenters. The van der Waals surface area contributed by atoms with E-state index in [1.807, 2.05) is 0 Å². The molecule has 1 amide bonds. The molecule has 0 radical (unpaired) electrons. The summed E-state index contributed by atoms with van der Waals surface area (Å²) < 4.78 is 4.98. The van der Waals surface area contributed by atoms with Gasteiger partial charge in [-0.15, -0.1) is 0 Å². The predicted molar refractivity (Wildman–Crippen MR) is 118 cm³/mol. The van der Waals surface area contributed by atoms with Gasteiger partial charge in [-0.25, -0.2) is 0 Å². The van der Waals surface area contributed by atoms with Crippen LogP contribution in [0.3, 0.4) is 0 Å². The number of anilines is 2. The molecular formula is C22H26N2O4S. The van der Waals surface area contributed by atoms with Crippen LogP contribution < -0.4 is 11.1 Å². The van der Waals surface area contributed by atoms with Crippen molar-refractivity contribution in [3.8, 4) is 0 Å². The fourth-order valence-corrected chi connectivity index (χ4v) is 3.42. The van der Waals surface area contributed by atoms with Crippen molar-refractivity contribution in [2.45, 2.75) is 19.8 Å². The van der Waals surface area contributed by atoms with Gasteiger partial charge in [-0.2, -0.15) is 11.8 Å². The second-order valence-electron chi connectivity index (χ2n) is 6.64. The molecule has 0 aliphatic rings. The van der Waals surface area contributed by atoms with E-state index < -0.39 is 0 Å². The smallest absolute Gasteiger partial charge is 0.234 e. The van der Waals surface area contributed by atoms with Crippen LogP contribution in [0.2, 0.25) is 0 Å². The highest BCUT2D eigenvalue weighted by Crippen LogP contribution is 2.19. The monoisotopic (exact) mass is 414 g/mol. The largest absolute Gasteiger partial charge is 0.399 e. The Labute approximate surface area is 175 Å². The van der Waals surface area contributed by atoms with Gasteiger partial charge in [0.1, 0.15) is 0 Å². The normalized spacial score (nSPS) is 10.6. The fourth-order valence-electron chi connectivity index (χ4n) is 2.70. The Morgan fingerprint density at radius 1 is 1.07 bits per heavy atom. The molecule has 2 aromatic rings. The summed E-state index contributed by atoms with van der Waals surface area (Å²) in [7, 11) is 1.65. The summed E-state index contributed by atoms with van der Waals surface area (Å²) in [5.74, 6) is 0.888. The third-order valence-electron chi connectivity index (χ3n) is 4.16. The summed E-state index contributed by atoms with van der Waals surface area (Å²) in [5, 5.41) is 2.79. The van der Waals surface area contributed by atoms with Gasteiger partial charge < -0.3 is 15.8 Å². The highest BCUT2D eigenvalue weighted by molar-refractivity contribution is 7.99. The van der Waals surface area contributed by atoms with Gasteiger partial charge in [0.15, 0.2) is 11.6 Å². The molecule has 29 heavy (non-hydrogen) atoms. The summed E-state index contributed by atoms with van der Waals surface area (Å²) in [6, 6.07) is 11.8. The van der Waals surface area contributed by atoms with E-state index in [2.05, 4.69) is 5.32 Å². The standard InChI is InChI=1S/C22H26N2O4S/c1-15(25)17-6-4-16(5-7-17)10-21(26)18-11-19(23)13-20(12-18)24-22(27)14-29-9-3-8-28-2/h4-7,11-13H,3,8-10,14,23H2,1-2H3,(H,24,27). The number of ketones is 2. The number of benzene rings is 2. The molecule has 0 heterocycles. The molecule has 0 saturated heterocycles. The van der Waals surface area contributed by atoms with E-state index in [0.717, 1.165) is 17.7 Å². The number of rotatable bonds is 11. The number of nitrogen functional groups attached to an aromatic ring is 1. The summed E-state index contributed by atoms with van der Waals surface area (Å²) in [6.45, 7) is 2.17. The molecule has 2 rings (SSSR count). The van der Waals surface area contributed by atoms with Crippen LogP contribution in [0.5, 0.6) is 0 Å². The lowest BCUT2D eigenvalue weighted by Crippen LogP contribution is -2.15. The van der Waals surface area contributed by atoms with Crippen LogP contribution >= 0.6 is 11.8 Å². The molecule has 6 nitrogen and oxygen atoms in total. The van der Waals surface area contributed by atoms with Crippen molar-refractivity contribution < 1.29 is 19.1 Å². The van der Waals surface area contributed by atoms with Gasteiger partial charge in [-0.1, -0.05) is 24.3 Å². The molecule has 0 aromatic heterocycles. The van der Waals surface area contributed by atoms with Crippen LogP contribution in [-0.2, 0) is 16.0 Å². The molecule has 154 valence electrons. The first-order valence-corrected chi connectivity index (χ1v) is 10.4. The lowest BCUT2D eigenvalue weighted by Gasteiger charge is -2.09. The zero-order chi connectivity index (χ0) is 21.2. The topological polar surface area (TPSA) is 98.5 Å². The van der Waals surface area contributed by atoms with Gasteiger partial charge in [-0.05, 0) is 42.9 Å². The number of thioether (sulfide) groups is 1. The zero-order valence-corrected chi connectivity index (χ0v) is 17.5. The number of carbonyl (C=O) groups is 3. The Bertz CT molecular complexity index is 866. The van der Waals surface area contributed by atoms with Crippen molar-refractivity contribution in [2.75, 3.05) is 36.3 Å².